The number of hydrogen-bond donors (Lipinski definition) is 2. The largest absolute Gasteiger partial charge is 0.527 e. The summed E-state index contributed by atoms with van der Waals surface area (Å²) in [5, 5.41) is 9.08. The van der Waals surface area contributed by atoms with Crippen LogP contribution in [0.4, 0.5) is 0 Å². The number of aliphatic hydroxyl groups excluding tert-OH is 1. The molecule has 2 N–H and O–H groups in total. The van der Waals surface area contributed by atoms with Crippen LogP contribution in [0.1, 0.15) is 26.2 Å². The Hall–Kier alpha value is -0.430. The molecule has 0 radical (unpaired) electrons. The van der Waals surface area contributed by atoms with Gasteiger partial charge in [0.1, 0.15) is 5.76 Å². The second-order valence-corrected chi connectivity index (χ2v) is 6.82. The summed E-state index contributed by atoms with van der Waals surface area (Å²) in [6.45, 7) is 6.08. The van der Waals surface area contributed by atoms with E-state index in [0.29, 0.717) is 13.0 Å². The van der Waals surface area contributed by atoms with E-state index in [2.05, 4.69) is 6.58 Å². The number of phosphoric ester groups is 1. The first kappa shape index (κ1) is 16.9. The molecule has 2 fully saturated rings. The second kappa shape index (κ2) is 7.22. The first-order valence-corrected chi connectivity index (χ1v) is 8.64. The fourth-order valence-corrected chi connectivity index (χ4v) is 3.47. The van der Waals surface area contributed by atoms with Crippen molar-refractivity contribution in [2.45, 2.75) is 44.5 Å². The normalized spacial score (nSPS) is 35.6. The van der Waals surface area contributed by atoms with Crippen molar-refractivity contribution in [1.82, 2.24) is 0 Å². The zero-order chi connectivity index (χ0) is 15.5. The molecule has 0 aromatic heterocycles. The van der Waals surface area contributed by atoms with Crippen molar-refractivity contribution < 1.29 is 33.1 Å². The van der Waals surface area contributed by atoms with E-state index in [1.807, 2.05) is 6.92 Å². The van der Waals surface area contributed by atoms with Crippen molar-refractivity contribution in [3.63, 3.8) is 0 Å². The molecule has 0 aromatic rings. The Morgan fingerprint density at radius 2 is 2.24 bits per heavy atom. The molecule has 2 aliphatic heterocycles. The van der Waals surface area contributed by atoms with Crippen molar-refractivity contribution in [2.75, 3.05) is 19.8 Å². The Balaban J connectivity index is 1.81. The molecular weight excluding hydrogens is 299 g/mol. The zero-order valence-corrected chi connectivity index (χ0v) is 13.0. The van der Waals surface area contributed by atoms with Crippen LogP contribution in [-0.2, 0) is 23.1 Å². The number of ether oxygens (including phenoxy) is 2. The first-order chi connectivity index (χ1) is 9.91. The summed E-state index contributed by atoms with van der Waals surface area (Å²) >= 11 is 0. The molecule has 0 aromatic carbocycles. The van der Waals surface area contributed by atoms with Crippen molar-refractivity contribution in [2.24, 2.45) is 5.92 Å². The van der Waals surface area contributed by atoms with Gasteiger partial charge in [-0.1, -0.05) is 6.58 Å². The van der Waals surface area contributed by atoms with Crippen molar-refractivity contribution in [3.8, 4) is 0 Å². The van der Waals surface area contributed by atoms with E-state index >= 15 is 0 Å². The summed E-state index contributed by atoms with van der Waals surface area (Å²) in [7, 11) is -4.21. The predicted octanol–water partition coefficient (Wildman–Crippen LogP) is 1.60. The van der Waals surface area contributed by atoms with Crippen LogP contribution in [0, 0.1) is 5.92 Å². The van der Waals surface area contributed by atoms with Gasteiger partial charge in [-0.25, -0.2) is 4.57 Å². The SMILES string of the molecule is C=C(OP(=O)(O)OC[C@@H]1CCCO1)[C@@H]1C[C@@H](CO)O[C@H]1C. The van der Waals surface area contributed by atoms with E-state index < -0.39 is 7.82 Å². The third-order valence-corrected chi connectivity index (χ3v) is 4.73. The Labute approximate surface area is 124 Å². The minimum absolute atomic E-state index is 0.0248. The highest BCUT2D eigenvalue weighted by atomic mass is 31.2. The van der Waals surface area contributed by atoms with Crippen molar-refractivity contribution >= 4 is 7.82 Å². The molecule has 2 aliphatic rings. The van der Waals surface area contributed by atoms with Gasteiger partial charge in [0.2, 0.25) is 0 Å². The van der Waals surface area contributed by atoms with Crippen LogP contribution in [0.2, 0.25) is 0 Å². The molecule has 0 bridgehead atoms. The molecule has 0 spiro atoms. The van der Waals surface area contributed by atoms with E-state index in [9.17, 15) is 9.46 Å². The van der Waals surface area contributed by atoms with Gasteiger partial charge in [-0.2, -0.15) is 0 Å². The second-order valence-electron chi connectivity index (χ2n) is 5.44. The third-order valence-electron chi connectivity index (χ3n) is 3.79. The molecule has 1 unspecified atom stereocenters. The molecule has 2 heterocycles. The Morgan fingerprint density at radius 1 is 1.48 bits per heavy atom. The van der Waals surface area contributed by atoms with E-state index in [1.165, 1.54) is 0 Å². The molecule has 122 valence electrons. The maximum Gasteiger partial charge on any atom is 0.527 e. The summed E-state index contributed by atoms with van der Waals surface area (Å²) in [6, 6.07) is 0. The van der Waals surface area contributed by atoms with Gasteiger partial charge >= 0.3 is 7.82 Å². The van der Waals surface area contributed by atoms with Crippen LogP contribution in [0.5, 0.6) is 0 Å². The van der Waals surface area contributed by atoms with Gasteiger partial charge in [0.25, 0.3) is 0 Å². The highest BCUT2D eigenvalue weighted by molar-refractivity contribution is 7.47. The summed E-state index contributed by atoms with van der Waals surface area (Å²) in [5.41, 5.74) is 0. The molecule has 2 rings (SSSR count). The maximum absolute atomic E-state index is 11.9. The van der Waals surface area contributed by atoms with Crippen LogP contribution in [0.3, 0.4) is 0 Å². The Morgan fingerprint density at radius 3 is 2.81 bits per heavy atom. The van der Waals surface area contributed by atoms with Gasteiger partial charge in [-0.15, -0.1) is 0 Å². The van der Waals surface area contributed by atoms with E-state index in [0.717, 1.165) is 12.8 Å². The maximum atomic E-state index is 11.9. The fraction of sp³-hybridized carbons (Fsp3) is 0.846. The summed E-state index contributed by atoms with van der Waals surface area (Å²) in [6.07, 6.45) is 1.56. The monoisotopic (exact) mass is 322 g/mol. The minimum atomic E-state index is -4.21. The predicted molar refractivity (Wildman–Crippen MR) is 74.5 cm³/mol. The zero-order valence-electron chi connectivity index (χ0n) is 12.1. The summed E-state index contributed by atoms with van der Waals surface area (Å²) in [4.78, 5) is 9.72. The van der Waals surface area contributed by atoms with Gasteiger partial charge in [-0.3, -0.25) is 9.42 Å². The Bertz CT molecular complexity index is 407. The topological polar surface area (TPSA) is 94.5 Å². The van der Waals surface area contributed by atoms with Crippen LogP contribution in [0.15, 0.2) is 12.3 Å². The lowest BCUT2D eigenvalue weighted by atomic mass is 9.99. The average molecular weight is 322 g/mol. The smallest absolute Gasteiger partial charge is 0.409 e. The molecule has 5 atom stereocenters. The standard InChI is InChI=1S/C13H23O7P/c1-9-13(6-12(7-14)19-9)10(2)20-21(15,16)18-8-11-4-3-5-17-11/h9,11-14H,2-8H2,1H3,(H,15,16)/t9-,11-,12-,13+/m0/s1. The van der Waals surface area contributed by atoms with Crippen LogP contribution >= 0.6 is 7.82 Å². The number of rotatable bonds is 7. The Kier molecular flexibility index (Phi) is 5.82. The molecule has 8 heteroatoms. The minimum Gasteiger partial charge on any atom is -0.409 e. The van der Waals surface area contributed by atoms with Crippen LogP contribution < -0.4 is 0 Å². The van der Waals surface area contributed by atoms with Gasteiger partial charge in [-0.05, 0) is 26.2 Å². The molecule has 0 aliphatic carbocycles. The lowest BCUT2D eigenvalue weighted by molar-refractivity contribution is 0.0132. The molecular formula is C13H23O7P. The number of hydrogen-bond acceptors (Lipinski definition) is 6. The fourth-order valence-electron chi connectivity index (χ4n) is 2.63. The van der Waals surface area contributed by atoms with E-state index in [4.69, 9.17) is 23.6 Å². The molecule has 7 nitrogen and oxygen atoms in total. The first-order valence-electron chi connectivity index (χ1n) is 7.15. The highest BCUT2D eigenvalue weighted by Gasteiger charge is 2.37. The van der Waals surface area contributed by atoms with Crippen molar-refractivity contribution in [3.05, 3.63) is 12.3 Å². The van der Waals surface area contributed by atoms with Gasteiger partial charge in [0.05, 0.1) is 31.5 Å². The van der Waals surface area contributed by atoms with Gasteiger partial charge in [0.15, 0.2) is 0 Å². The number of phosphoric acid groups is 1. The molecule has 0 amide bonds. The lowest BCUT2D eigenvalue weighted by Crippen LogP contribution is -2.16. The van der Waals surface area contributed by atoms with Crippen LogP contribution in [-0.4, -0.2) is 48.1 Å². The molecule has 2 saturated heterocycles. The third kappa shape index (κ3) is 4.77. The highest BCUT2D eigenvalue weighted by Crippen LogP contribution is 2.48. The van der Waals surface area contributed by atoms with E-state index in [1.54, 1.807) is 0 Å². The number of aliphatic hydroxyl groups is 1. The summed E-state index contributed by atoms with van der Waals surface area (Å²) in [5.74, 6) is -0.0921. The molecule has 0 saturated carbocycles. The van der Waals surface area contributed by atoms with Crippen molar-refractivity contribution in [1.29, 1.82) is 0 Å². The van der Waals surface area contributed by atoms with E-state index in [-0.39, 0.29) is 43.2 Å². The van der Waals surface area contributed by atoms with Gasteiger partial charge in [0, 0.05) is 12.5 Å². The lowest BCUT2D eigenvalue weighted by Gasteiger charge is -2.21. The molecule has 21 heavy (non-hydrogen) atoms. The van der Waals surface area contributed by atoms with Gasteiger partial charge < -0.3 is 19.1 Å². The average Bonchev–Trinajstić information content (AvgIpc) is 3.04. The quantitative estimate of drug-likeness (QED) is 0.543. The van der Waals surface area contributed by atoms with Crippen LogP contribution in [0.25, 0.3) is 0 Å². The summed E-state index contributed by atoms with van der Waals surface area (Å²) < 4.78 is 32.7.